The molecule has 0 atom stereocenters. The molecule has 0 spiro atoms. The molecule has 1 heterocycles. The third-order valence-corrected chi connectivity index (χ3v) is 2.71. The summed E-state index contributed by atoms with van der Waals surface area (Å²) < 4.78 is 13.7. The Hall–Kier alpha value is -1.42. The Bertz CT molecular complexity index is 476. The number of hydrogen-bond donors (Lipinski definition) is 1. The Balaban J connectivity index is 2.82. The van der Waals surface area contributed by atoms with E-state index >= 15 is 0 Å². The number of carbonyl (C=O) groups is 1. The Kier molecular flexibility index (Phi) is 1.77. The summed E-state index contributed by atoms with van der Waals surface area (Å²) in [6.45, 7) is 0. The van der Waals surface area contributed by atoms with E-state index in [9.17, 15) is 9.18 Å². The van der Waals surface area contributed by atoms with Crippen LogP contribution in [0.15, 0.2) is 18.2 Å². The first-order chi connectivity index (χ1) is 6.20. The van der Waals surface area contributed by atoms with Crippen LogP contribution in [0, 0.1) is 5.82 Å². The van der Waals surface area contributed by atoms with Crippen LogP contribution in [-0.4, -0.2) is 11.4 Å². The van der Waals surface area contributed by atoms with Gasteiger partial charge in [0.2, 0.25) is 0 Å². The molecule has 0 unspecified atom stereocenters. The minimum Gasteiger partial charge on any atom is -0.508 e. The van der Waals surface area contributed by atoms with Gasteiger partial charge in [0.05, 0.1) is 4.88 Å². The first-order valence-electron chi connectivity index (χ1n) is 3.58. The van der Waals surface area contributed by atoms with Crippen molar-refractivity contribution in [3.05, 3.63) is 28.9 Å². The molecule has 0 radical (unpaired) electrons. The van der Waals surface area contributed by atoms with Gasteiger partial charge in [0, 0.05) is 16.2 Å². The monoisotopic (exact) mass is 196 g/mol. The van der Waals surface area contributed by atoms with Gasteiger partial charge in [0.1, 0.15) is 11.6 Å². The van der Waals surface area contributed by atoms with Gasteiger partial charge in [-0.2, -0.15) is 0 Å². The lowest BCUT2D eigenvalue weighted by Crippen LogP contribution is -1.73. The Morgan fingerprint density at radius 1 is 1.38 bits per heavy atom. The van der Waals surface area contributed by atoms with E-state index < -0.39 is 5.82 Å². The number of phenols is 1. The molecule has 2 nitrogen and oxygen atoms in total. The fraction of sp³-hybridized carbons (Fsp3) is 0. The summed E-state index contributed by atoms with van der Waals surface area (Å²) in [6.07, 6.45) is 0.668. The number of halogens is 1. The van der Waals surface area contributed by atoms with Crippen molar-refractivity contribution in [2.24, 2.45) is 0 Å². The molecule has 0 bridgehead atoms. The molecule has 0 amide bonds. The molecule has 2 rings (SSSR count). The van der Waals surface area contributed by atoms with E-state index in [-0.39, 0.29) is 5.75 Å². The van der Waals surface area contributed by atoms with E-state index in [1.54, 1.807) is 0 Å². The molecule has 13 heavy (non-hydrogen) atoms. The van der Waals surface area contributed by atoms with Crippen LogP contribution in [0.3, 0.4) is 0 Å². The Morgan fingerprint density at radius 3 is 2.85 bits per heavy atom. The number of carbonyl (C=O) groups excluding carboxylic acids is 1. The van der Waals surface area contributed by atoms with E-state index in [4.69, 9.17) is 5.11 Å². The van der Waals surface area contributed by atoms with Gasteiger partial charge >= 0.3 is 0 Å². The van der Waals surface area contributed by atoms with Crippen LogP contribution in [0.5, 0.6) is 5.75 Å². The number of aldehydes is 1. The summed E-state index contributed by atoms with van der Waals surface area (Å²) in [5, 5.41) is 9.45. The van der Waals surface area contributed by atoms with Gasteiger partial charge in [0.25, 0.3) is 0 Å². The molecule has 1 aromatic carbocycles. The first kappa shape index (κ1) is 8.19. The summed E-state index contributed by atoms with van der Waals surface area (Å²) in [6, 6.07) is 3.95. The summed E-state index contributed by atoms with van der Waals surface area (Å²) in [4.78, 5) is 10.9. The lowest BCUT2D eigenvalue weighted by molar-refractivity contribution is 0.112. The second-order valence-corrected chi connectivity index (χ2v) is 3.72. The zero-order chi connectivity index (χ0) is 9.42. The van der Waals surface area contributed by atoms with E-state index in [1.165, 1.54) is 12.1 Å². The number of aromatic hydroxyl groups is 1. The van der Waals surface area contributed by atoms with Gasteiger partial charge in [0.15, 0.2) is 6.29 Å². The molecule has 1 N–H and O–H groups in total. The van der Waals surface area contributed by atoms with E-state index in [0.29, 0.717) is 21.2 Å². The molecular weight excluding hydrogens is 191 g/mol. The molecule has 0 fully saturated rings. The predicted molar refractivity (Wildman–Crippen MR) is 48.8 cm³/mol. The van der Waals surface area contributed by atoms with Gasteiger partial charge in [-0.05, 0) is 12.1 Å². The quantitative estimate of drug-likeness (QED) is 0.711. The molecule has 0 saturated carbocycles. The summed E-state index contributed by atoms with van der Waals surface area (Å²) in [5.74, 6) is -0.622. The van der Waals surface area contributed by atoms with Gasteiger partial charge in [-0.15, -0.1) is 11.3 Å². The molecule has 2 aromatic rings. The minimum absolute atomic E-state index is 0.121. The number of phenolic OH excluding ortho intramolecular Hbond substituents is 1. The van der Waals surface area contributed by atoms with Crippen molar-refractivity contribution in [3.8, 4) is 5.75 Å². The highest BCUT2D eigenvalue weighted by atomic mass is 32.1. The standard InChI is InChI=1S/C9H5FO2S/c10-8-1-5(12)2-9-7(8)3-6(4-11)13-9/h1-4,12H. The molecule has 0 aliphatic heterocycles. The zero-order valence-electron chi connectivity index (χ0n) is 6.45. The second kappa shape index (κ2) is 2.81. The molecule has 0 aliphatic carbocycles. The first-order valence-corrected chi connectivity index (χ1v) is 4.39. The highest BCUT2D eigenvalue weighted by Gasteiger charge is 2.07. The summed E-state index contributed by atoms with van der Waals surface area (Å²) >= 11 is 1.16. The fourth-order valence-corrected chi connectivity index (χ4v) is 2.09. The topological polar surface area (TPSA) is 37.3 Å². The highest BCUT2D eigenvalue weighted by Crippen LogP contribution is 2.30. The van der Waals surface area contributed by atoms with Crippen LogP contribution in [0.25, 0.3) is 10.1 Å². The van der Waals surface area contributed by atoms with Crippen LogP contribution in [-0.2, 0) is 0 Å². The normalized spacial score (nSPS) is 10.5. The minimum atomic E-state index is -0.501. The third kappa shape index (κ3) is 1.29. The van der Waals surface area contributed by atoms with Crippen molar-refractivity contribution in [1.29, 1.82) is 0 Å². The van der Waals surface area contributed by atoms with Crippen LogP contribution in [0.1, 0.15) is 9.67 Å². The third-order valence-electron chi connectivity index (χ3n) is 1.71. The van der Waals surface area contributed by atoms with Crippen LogP contribution >= 0.6 is 11.3 Å². The maximum atomic E-state index is 13.1. The average Bonchev–Trinajstić information content (AvgIpc) is 2.47. The van der Waals surface area contributed by atoms with E-state index in [1.807, 2.05) is 0 Å². The highest BCUT2D eigenvalue weighted by molar-refractivity contribution is 7.20. The van der Waals surface area contributed by atoms with Crippen LogP contribution in [0.2, 0.25) is 0 Å². The lowest BCUT2D eigenvalue weighted by atomic mass is 10.2. The fourth-order valence-electron chi connectivity index (χ4n) is 1.16. The number of benzene rings is 1. The largest absolute Gasteiger partial charge is 0.508 e. The number of thiophene rings is 1. The van der Waals surface area contributed by atoms with Gasteiger partial charge in [-0.1, -0.05) is 0 Å². The van der Waals surface area contributed by atoms with Crippen molar-refractivity contribution in [2.75, 3.05) is 0 Å². The van der Waals surface area contributed by atoms with Crippen LogP contribution in [0.4, 0.5) is 4.39 Å². The number of hydrogen-bond acceptors (Lipinski definition) is 3. The van der Waals surface area contributed by atoms with Crippen molar-refractivity contribution in [3.63, 3.8) is 0 Å². The molecule has 1 aromatic heterocycles. The maximum Gasteiger partial charge on any atom is 0.160 e. The van der Waals surface area contributed by atoms with Gasteiger partial charge < -0.3 is 5.11 Å². The molecular formula is C9H5FO2S. The average molecular weight is 196 g/mol. The van der Waals surface area contributed by atoms with Gasteiger partial charge in [-0.3, -0.25) is 4.79 Å². The van der Waals surface area contributed by atoms with E-state index in [0.717, 1.165) is 17.4 Å². The molecule has 4 heteroatoms. The maximum absolute atomic E-state index is 13.1. The number of fused-ring (bicyclic) bond motifs is 1. The summed E-state index contributed by atoms with van der Waals surface area (Å²) in [7, 11) is 0. The van der Waals surface area contributed by atoms with Gasteiger partial charge in [-0.25, -0.2) is 4.39 Å². The summed E-state index contributed by atoms with van der Waals surface area (Å²) in [5.41, 5.74) is 0. The number of rotatable bonds is 1. The molecule has 0 aliphatic rings. The van der Waals surface area contributed by atoms with E-state index in [2.05, 4.69) is 0 Å². The van der Waals surface area contributed by atoms with Crippen molar-refractivity contribution in [2.45, 2.75) is 0 Å². The molecule has 0 saturated heterocycles. The lowest BCUT2D eigenvalue weighted by Gasteiger charge is -1.93. The predicted octanol–water partition coefficient (Wildman–Crippen LogP) is 2.56. The zero-order valence-corrected chi connectivity index (χ0v) is 7.27. The Morgan fingerprint density at radius 2 is 2.15 bits per heavy atom. The van der Waals surface area contributed by atoms with Crippen molar-refractivity contribution < 1.29 is 14.3 Å². The molecule has 66 valence electrons. The smallest absolute Gasteiger partial charge is 0.160 e. The Labute approximate surface area is 77.2 Å². The van der Waals surface area contributed by atoms with Crippen molar-refractivity contribution in [1.82, 2.24) is 0 Å². The van der Waals surface area contributed by atoms with Crippen LogP contribution < -0.4 is 0 Å². The van der Waals surface area contributed by atoms with Crippen molar-refractivity contribution >= 4 is 27.7 Å². The second-order valence-electron chi connectivity index (χ2n) is 2.61. The SMILES string of the molecule is O=Cc1cc2c(F)cc(O)cc2s1.